The lowest BCUT2D eigenvalue weighted by Crippen LogP contribution is -2.43. The molecule has 0 unspecified atom stereocenters. The summed E-state index contributed by atoms with van der Waals surface area (Å²) in [5.74, 6) is -4.34. The Bertz CT molecular complexity index is 1310. The Balaban J connectivity index is 1.64. The summed E-state index contributed by atoms with van der Waals surface area (Å²) in [5, 5.41) is 11.2. The third-order valence-corrected chi connectivity index (χ3v) is 6.55. The third kappa shape index (κ3) is 3.74. The van der Waals surface area contributed by atoms with E-state index in [1.165, 1.54) is 28.1 Å². The minimum Gasteiger partial charge on any atom is -0.505 e. The number of alkyl halides is 2. The number of aromatic nitrogens is 1. The number of piperidine rings is 1. The number of hydrogen-bond acceptors (Lipinski definition) is 4. The summed E-state index contributed by atoms with van der Waals surface area (Å²) in [6.45, 7) is -0.0874. The standard InChI is InChI=1S/C25H22F3N3O3/c1-30-13-18-19(24(34)31-8-6-25(27,28)7-9-31)17-11-15(10-14-2-4-16(26)5-3-14)12-29-21(17)22(32)20(18)23(30)33/h2-5,11-12,32H,6-10,13H2,1H3. The number of carbonyl (C=O) groups is 2. The van der Waals surface area contributed by atoms with E-state index < -0.39 is 30.6 Å². The van der Waals surface area contributed by atoms with Gasteiger partial charge < -0.3 is 14.9 Å². The molecule has 2 amide bonds. The van der Waals surface area contributed by atoms with E-state index in [4.69, 9.17) is 0 Å². The van der Waals surface area contributed by atoms with E-state index in [0.717, 1.165) is 11.1 Å². The molecule has 0 bridgehead atoms. The number of nitrogens with zero attached hydrogens (tertiary/aromatic N) is 3. The van der Waals surface area contributed by atoms with Crippen molar-refractivity contribution >= 4 is 22.7 Å². The average Bonchev–Trinajstić information content (AvgIpc) is 3.09. The molecule has 2 aromatic carbocycles. The summed E-state index contributed by atoms with van der Waals surface area (Å²) >= 11 is 0. The van der Waals surface area contributed by atoms with Crippen molar-refractivity contribution in [2.24, 2.45) is 0 Å². The van der Waals surface area contributed by atoms with Crippen molar-refractivity contribution in [3.63, 3.8) is 0 Å². The van der Waals surface area contributed by atoms with Crippen molar-refractivity contribution in [2.75, 3.05) is 20.1 Å². The van der Waals surface area contributed by atoms with E-state index in [2.05, 4.69) is 4.98 Å². The maximum absolute atomic E-state index is 13.7. The summed E-state index contributed by atoms with van der Waals surface area (Å²) in [7, 11) is 1.57. The molecule has 176 valence electrons. The van der Waals surface area contributed by atoms with Gasteiger partial charge in [-0.2, -0.15) is 0 Å². The molecule has 6 nitrogen and oxygen atoms in total. The van der Waals surface area contributed by atoms with Crippen LogP contribution in [0.25, 0.3) is 10.9 Å². The molecule has 0 saturated carbocycles. The van der Waals surface area contributed by atoms with E-state index in [-0.39, 0.29) is 47.8 Å². The SMILES string of the molecule is CN1Cc2c(c(O)c3ncc(Cc4ccc(F)cc4)cc3c2C(=O)N2CCC(F)(F)CC2)C1=O. The van der Waals surface area contributed by atoms with E-state index in [1.807, 2.05) is 0 Å². The zero-order valence-electron chi connectivity index (χ0n) is 18.4. The van der Waals surface area contributed by atoms with Gasteiger partial charge in [0.05, 0.1) is 11.1 Å². The van der Waals surface area contributed by atoms with Gasteiger partial charge in [-0.3, -0.25) is 14.6 Å². The number of fused-ring (bicyclic) bond motifs is 2. The third-order valence-electron chi connectivity index (χ3n) is 6.55. The Kier molecular flexibility index (Phi) is 5.22. The van der Waals surface area contributed by atoms with Crippen LogP contribution in [-0.4, -0.2) is 57.8 Å². The molecular weight excluding hydrogens is 447 g/mol. The van der Waals surface area contributed by atoms with Crippen molar-refractivity contribution in [3.8, 4) is 5.75 Å². The molecule has 1 aromatic heterocycles. The Labute approximate surface area is 193 Å². The van der Waals surface area contributed by atoms with E-state index in [1.54, 1.807) is 25.2 Å². The highest BCUT2D eigenvalue weighted by molar-refractivity contribution is 6.15. The Hall–Kier alpha value is -3.62. The van der Waals surface area contributed by atoms with E-state index in [0.29, 0.717) is 17.4 Å². The molecule has 0 spiro atoms. The van der Waals surface area contributed by atoms with Crippen LogP contribution in [0.3, 0.4) is 0 Å². The first kappa shape index (κ1) is 22.2. The number of carbonyl (C=O) groups excluding carboxylic acids is 2. The zero-order chi connectivity index (χ0) is 24.2. The summed E-state index contributed by atoms with van der Waals surface area (Å²) in [4.78, 5) is 33.5. The van der Waals surface area contributed by atoms with Gasteiger partial charge in [-0.05, 0) is 35.7 Å². The average molecular weight is 469 g/mol. The number of likely N-dealkylation sites (tertiary alicyclic amines) is 1. The first-order valence-corrected chi connectivity index (χ1v) is 11.0. The normalized spacial score (nSPS) is 17.4. The molecule has 0 radical (unpaired) electrons. The quantitative estimate of drug-likeness (QED) is 0.626. The van der Waals surface area contributed by atoms with Gasteiger partial charge in [0.25, 0.3) is 17.7 Å². The predicted molar refractivity (Wildman–Crippen MR) is 118 cm³/mol. The molecule has 2 aliphatic rings. The molecule has 0 aliphatic carbocycles. The van der Waals surface area contributed by atoms with Crippen molar-refractivity contribution < 1.29 is 27.9 Å². The molecule has 9 heteroatoms. The molecule has 1 fully saturated rings. The number of aromatic hydroxyl groups is 1. The van der Waals surface area contributed by atoms with Gasteiger partial charge in [0.1, 0.15) is 11.3 Å². The second-order valence-electron chi connectivity index (χ2n) is 8.93. The first-order chi connectivity index (χ1) is 16.1. The number of pyridine rings is 1. The Morgan fingerprint density at radius 1 is 1.15 bits per heavy atom. The van der Waals surface area contributed by atoms with Gasteiger partial charge in [0.15, 0.2) is 5.75 Å². The number of hydrogen-bond donors (Lipinski definition) is 1. The van der Waals surface area contributed by atoms with E-state index >= 15 is 0 Å². The molecule has 3 aromatic rings. The number of benzene rings is 2. The van der Waals surface area contributed by atoms with Gasteiger partial charge in [0, 0.05) is 56.7 Å². The van der Waals surface area contributed by atoms with Crippen LogP contribution >= 0.6 is 0 Å². The summed E-state index contributed by atoms with van der Waals surface area (Å²) < 4.78 is 40.7. The van der Waals surface area contributed by atoms with Crippen LogP contribution in [0.2, 0.25) is 0 Å². The summed E-state index contributed by atoms with van der Waals surface area (Å²) in [6.07, 6.45) is 1.09. The van der Waals surface area contributed by atoms with Gasteiger partial charge in [-0.15, -0.1) is 0 Å². The van der Waals surface area contributed by atoms with Crippen molar-refractivity contribution in [1.29, 1.82) is 0 Å². The van der Waals surface area contributed by atoms with Crippen molar-refractivity contribution in [1.82, 2.24) is 14.8 Å². The van der Waals surface area contributed by atoms with Crippen LogP contribution in [0.15, 0.2) is 36.5 Å². The molecule has 0 atom stereocenters. The largest absolute Gasteiger partial charge is 0.505 e. The smallest absolute Gasteiger partial charge is 0.258 e. The number of halogens is 3. The van der Waals surface area contributed by atoms with Crippen LogP contribution < -0.4 is 0 Å². The second kappa shape index (κ2) is 8.00. The Morgan fingerprint density at radius 2 is 1.82 bits per heavy atom. The van der Waals surface area contributed by atoms with Gasteiger partial charge in [0.2, 0.25) is 0 Å². The molecule has 2 aliphatic heterocycles. The number of rotatable bonds is 3. The molecule has 1 N–H and O–H groups in total. The highest BCUT2D eigenvalue weighted by Gasteiger charge is 2.39. The molecule has 3 heterocycles. The fraction of sp³-hybridized carbons (Fsp3) is 0.320. The zero-order valence-corrected chi connectivity index (χ0v) is 18.4. The number of phenols is 1. The highest BCUT2D eigenvalue weighted by Crippen LogP contribution is 2.40. The van der Waals surface area contributed by atoms with Crippen LogP contribution in [0.5, 0.6) is 5.75 Å². The molecule has 5 rings (SSSR count). The lowest BCUT2D eigenvalue weighted by atomic mass is 9.93. The minimum atomic E-state index is -2.81. The minimum absolute atomic E-state index is 0.0273. The molecule has 34 heavy (non-hydrogen) atoms. The molecular formula is C25H22F3N3O3. The van der Waals surface area contributed by atoms with Gasteiger partial charge in [-0.25, -0.2) is 13.2 Å². The van der Waals surface area contributed by atoms with Crippen LogP contribution in [0.4, 0.5) is 13.2 Å². The molecule has 1 saturated heterocycles. The number of amides is 2. The Morgan fingerprint density at radius 3 is 2.50 bits per heavy atom. The predicted octanol–water partition coefficient (Wildman–Crippen LogP) is 4.13. The van der Waals surface area contributed by atoms with Crippen molar-refractivity contribution in [2.45, 2.75) is 31.7 Å². The fourth-order valence-corrected chi connectivity index (χ4v) is 4.70. The van der Waals surface area contributed by atoms with Crippen molar-refractivity contribution in [3.05, 3.63) is 70.2 Å². The maximum Gasteiger partial charge on any atom is 0.258 e. The lowest BCUT2D eigenvalue weighted by molar-refractivity contribution is -0.0494. The monoisotopic (exact) mass is 469 g/mol. The van der Waals surface area contributed by atoms with Crippen LogP contribution in [0, 0.1) is 5.82 Å². The number of phenolic OH excluding ortho intramolecular Hbond substituents is 1. The van der Waals surface area contributed by atoms with Gasteiger partial charge >= 0.3 is 0 Å². The van der Waals surface area contributed by atoms with Crippen LogP contribution in [-0.2, 0) is 13.0 Å². The lowest BCUT2D eigenvalue weighted by Gasteiger charge is -2.32. The highest BCUT2D eigenvalue weighted by atomic mass is 19.3. The van der Waals surface area contributed by atoms with E-state index in [9.17, 15) is 27.9 Å². The van der Waals surface area contributed by atoms with Crippen LogP contribution in [0.1, 0.15) is 50.2 Å². The maximum atomic E-state index is 13.7. The second-order valence-corrected chi connectivity index (χ2v) is 8.93. The summed E-state index contributed by atoms with van der Waals surface area (Å²) in [5.41, 5.74) is 2.26. The fourth-order valence-electron chi connectivity index (χ4n) is 4.70. The topological polar surface area (TPSA) is 73.7 Å². The summed E-state index contributed by atoms with van der Waals surface area (Å²) in [6, 6.07) is 7.72. The first-order valence-electron chi connectivity index (χ1n) is 11.0. The van der Waals surface area contributed by atoms with Gasteiger partial charge in [-0.1, -0.05) is 12.1 Å².